The van der Waals surface area contributed by atoms with Gasteiger partial charge in [0.25, 0.3) is 0 Å². The fourth-order valence-corrected chi connectivity index (χ4v) is 3.99. The van der Waals surface area contributed by atoms with E-state index in [0.29, 0.717) is 0 Å². The van der Waals surface area contributed by atoms with Crippen LogP contribution in [0, 0.1) is 6.92 Å². The van der Waals surface area contributed by atoms with Crippen LogP contribution in [0.5, 0.6) is 5.75 Å². The van der Waals surface area contributed by atoms with Crippen LogP contribution in [0.2, 0.25) is 0 Å². The Kier molecular flexibility index (Phi) is 3.81. The molecule has 2 aliphatic rings. The fourth-order valence-electron chi connectivity index (χ4n) is 3.99. The zero-order chi connectivity index (χ0) is 15.8. The Hall–Kier alpha value is -0.890. The Morgan fingerprint density at radius 1 is 1.00 bits per heavy atom. The van der Waals surface area contributed by atoms with Crippen LogP contribution in [0.1, 0.15) is 70.7 Å². The van der Waals surface area contributed by atoms with Gasteiger partial charge >= 0.3 is 0 Å². The number of fused-ring (bicyclic) bond motifs is 2. The van der Waals surface area contributed by atoms with Crippen LogP contribution in [0.4, 0.5) is 5.69 Å². The van der Waals surface area contributed by atoms with Gasteiger partial charge in [0.1, 0.15) is 11.4 Å². The second kappa shape index (κ2) is 4.80. The van der Waals surface area contributed by atoms with Gasteiger partial charge in [0.15, 0.2) is 0 Å². The summed E-state index contributed by atoms with van der Waals surface area (Å²) in [4.78, 5) is 0. The molecule has 0 fully saturated rings. The maximum atomic E-state index is 6.40. The Balaban J connectivity index is 0.00000176. The first-order chi connectivity index (χ1) is 9.41. The average Bonchev–Trinajstić information content (AvgIpc) is 2.72. The maximum absolute atomic E-state index is 6.40. The number of hydrogen-bond donors (Lipinski definition) is 1. The molecule has 0 radical (unpaired) electrons. The van der Waals surface area contributed by atoms with Crippen LogP contribution in [0.25, 0.3) is 0 Å². The van der Waals surface area contributed by atoms with Crippen molar-refractivity contribution < 1.29 is 4.74 Å². The quantitative estimate of drug-likeness (QED) is 0.710. The van der Waals surface area contributed by atoms with E-state index in [-0.39, 0.29) is 29.0 Å². The number of nitrogens with one attached hydrogen (secondary N) is 1. The van der Waals surface area contributed by atoms with Crippen LogP contribution in [0.15, 0.2) is 0 Å². The van der Waals surface area contributed by atoms with Gasteiger partial charge in [-0.1, -0.05) is 20.8 Å². The van der Waals surface area contributed by atoms with Gasteiger partial charge in [0, 0.05) is 28.8 Å². The van der Waals surface area contributed by atoms with Crippen molar-refractivity contribution in [3.05, 3.63) is 22.3 Å². The van der Waals surface area contributed by atoms with Gasteiger partial charge in [-0.15, -0.1) is 12.4 Å². The molecule has 0 aromatic heterocycles. The van der Waals surface area contributed by atoms with Crippen molar-refractivity contribution in [3.8, 4) is 5.75 Å². The van der Waals surface area contributed by atoms with E-state index in [1.165, 1.54) is 33.7 Å². The second-order valence-electron chi connectivity index (χ2n) is 9.14. The Morgan fingerprint density at radius 3 is 2.14 bits per heavy atom. The highest BCUT2D eigenvalue weighted by Gasteiger charge is 2.42. The van der Waals surface area contributed by atoms with Crippen molar-refractivity contribution in [1.82, 2.24) is 0 Å². The molecule has 0 saturated carbocycles. The van der Waals surface area contributed by atoms with Crippen molar-refractivity contribution in [1.29, 1.82) is 0 Å². The molecule has 3 heteroatoms. The molecule has 1 aromatic rings. The van der Waals surface area contributed by atoms with E-state index in [1.807, 2.05) is 0 Å². The van der Waals surface area contributed by atoms with E-state index in [4.69, 9.17) is 4.74 Å². The van der Waals surface area contributed by atoms with E-state index in [0.717, 1.165) is 12.8 Å². The third-order valence-electron chi connectivity index (χ3n) is 4.75. The smallest absolute Gasteiger partial charge is 0.127 e. The normalized spacial score (nSPS) is 20.5. The molecule has 2 heterocycles. The monoisotopic (exact) mass is 323 g/mol. The maximum Gasteiger partial charge on any atom is 0.127 e. The number of benzene rings is 1. The van der Waals surface area contributed by atoms with Crippen molar-refractivity contribution in [2.24, 2.45) is 0 Å². The molecule has 2 aliphatic heterocycles. The summed E-state index contributed by atoms with van der Waals surface area (Å²) in [5.41, 5.74) is 7.21. The van der Waals surface area contributed by atoms with Crippen molar-refractivity contribution in [2.45, 2.75) is 84.8 Å². The molecule has 0 bridgehead atoms. The Labute approximate surface area is 141 Å². The number of ether oxygens (including phenoxy) is 1. The average molecular weight is 324 g/mol. The van der Waals surface area contributed by atoms with E-state index < -0.39 is 0 Å². The van der Waals surface area contributed by atoms with Gasteiger partial charge in [-0.2, -0.15) is 0 Å². The number of rotatable bonds is 0. The minimum atomic E-state index is -0.0856. The van der Waals surface area contributed by atoms with E-state index in [9.17, 15) is 0 Å². The number of anilines is 1. The molecule has 22 heavy (non-hydrogen) atoms. The molecule has 1 N–H and O–H groups in total. The van der Waals surface area contributed by atoms with Crippen molar-refractivity contribution in [3.63, 3.8) is 0 Å². The lowest BCUT2D eigenvalue weighted by Gasteiger charge is -2.27. The molecule has 0 amide bonds. The first-order valence-electron chi connectivity index (χ1n) is 8.07. The standard InChI is InChI=1S/C19H29NO.ClH/c1-11-12-10-19(7,8)21-16(12)14(17(2,3)4)13-9-18(5,6)20-15(11)13;/h20H,9-10H2,1-8H3;1H. The van der Waals surface area contributed by atoms with Gasteiger partial charge < -0.3 is 10.1 Å². The molecule has 0 unspecified atom stereocenters. The lowest BCUT2D eigenvalue weighted by atomic mass is 9.78. The van der Waals surface area contributed by atoms with Crippen molar-refractivity contribution >= 4 is 18.1 Å². The summed E-state index contributed by atoms with van der Waals surface area (Å²) in [5.74, 6) is 1.17. The summed E-state index contributed by atoms with van der Waals surface area (Å²) >= 11 is 0. The molecule has 0 saturated heterocycles. The SMILES string of the molecule is Cc1c2c(c(C(C)(C)C)c3c1NC(C)(C)C3)OC(C)(C)C2.Cl. The highest BCUT2D eigenvalue weighted by molar-refractivity contribution is 5.85. The summed E-state index contributed by atoms with van der Waals surface area (Å²) in [6.07, 6.45) is 2.08. The van der Waals surface area contributed by atoms with Gasteiger partial charge in [-0.05, 0) is 57.6 Å². The summed E-state index contributed by atoms with van der Waals surface area (Å²) in [7, 11) is 0. The largest absolute Gasteiger partial charge is 0.487 e. The predicted octanol–water partition coefficient (Wildman–Crippen LogP) is 5.17. The summed E-state index contributed by atoms with van der Waals surface area (Å²) in [6, 6.07) is 0. The molecule has 0 aliphatic carbocycles. The minimum Gasteiger partial charge on any atom is -0.487 e. The molecule has 0 atom stereocenters. The molecule has 1 aromatic carbocycles. The minimum absolute atomic E-state index is 0. The third kappa shape index (κ3) is 2.60. The van der Waals surface area contributed by atoms with Crippen LogP contribution in [-0.2, 0) is 18.3 Å². The van der Waals surface area contributed by atoms with Gasteiger partial charge in [-0.3, -0.25) is 0 Å². The van der Waals surface area contributed by atoms with E-state index in [1.54, 1.807) is 0 Å². The molecule has 3 rings (SSSR count). The fraction of sp³-hybridized carbons (Fsp3) is 0.684. The molecule has 0 spiro atoms. The molecular weight excluding hydrogens is 294 g/mol. The van der Waals surface area contributed by atoms with Crippen LogP contribution >= 0.6 is 12.4 Å². The number of halogens is 1. The zero-order valence-electron chi connectivity index (χ0n) is 15.2. The predicted molar refractivity (Wildman–Crippen MR) is 96.9 cm³/mol. The summed E-state index contributed by atoms with van der Waals surface area (Å²) < 4.78 is 6.40. The molecule has 124 valence electrons. The first-order valence-corrected chi connectivity index (χ1v) is 8.07. The van der Waals surface area contributed by atoms with Crippen LogP contribution in [0.3, 0.4) is 0 Å². The highest BCUT2D eigenvalue weighted by Crippen LogP contribution is 2.52. The summed E-state index contributed by atoms with van der Waals surface area (Å²) in [6.45, 7) is 18.1. The third-order valence-corrected chi connectivity index (χ3v) is 4.75. The van der Waals surface area contributed by atoms with Crippen LogP contribution < -0.4 is 10.1 Å². The Morgan fingerprint density at radius 2 is 1.59 bits per heavy atom. The first kappa shape index (κ1) is 17.5. The summed E-state index contributed by atoms with van der Waals surface area (Å²) in [5, 5.41) is 3.76. The van der Waals surface area contributed by atoms with Gasteiger partial charge in [-0.25, -0.2) is 0 Å². The lowest BCUT2D eigenvalue weighted by molar-refractivity contribution is 0.136. The Bertz CT molecular complexity index is 578. The zero-order valence-corrected chi connectivity index (χ0v) is 16.0. The van der Waals surface area contributed by atoms with E-state index in [2.05, 4.69) is 60.7 Å². The second-order valence-corrected chi connectivity index (χ2v) is 9.14. The van der Waals surface area contributed by atoms with E-state index >= 15 is 0 Å². The van der Waals surface area contributed by atoms with Gasteiger partial charge in [0.2, 0.25) is 0 Å². The lowest BCUT2D eigenvalue weighted by Crippen LogP contribution is -2.28. The molecular formula is C19H30ClNO. The van der Waals surface area contributed by atoms with Crippen LogP contribution in [-0.4, -0.2) is 11.1 Å². The highest BCUT2D eigenvalue weighted by atomic mass is 35.5. The number of hydrogen-bond acceptors (Lipinski definition) is 2. The van der Waals surface area contributed by atoms with Crippen molar-refractivity contribution in [2.75, 3.05) is 5.32 Å². The molecule has 2 nitrogen and oxygen atoms in total. The van der Waals surface area contributed by atoms with Gasteiger partial charge in [0.05, 0.1) is 0 Å². The topological polar surface area (TPSA) is 21.3 Å².